The molecule has 0 saturated carbocycles. The number of hydrogen-bond donors (Lipinski definition) is 1. The highest BCUT2D eigenvalue weighted by Gasteiger charge is 2.47. The molecule has 170 valence electrons. The first-order chi connectivity index (χ1) is 15.8. The van der Waals surface area contributed by atoms with Gasteiger partial charge in [-0.15, -0.1) is 0 Å². The predicted molar refractivity (Wildman–Crippen MR) is 117 cm³/mol. The second kappa shape index (κ2) is 7.58. The average molecular weight is 453 g/mol. The van der Waals surface area contributed by atoms with Crippen molar-refractivity contribution in [2.24, 2.45) is 0 Å². The van der Waals surface area contributed by atoms with Crippen LogP contribution in [-0.4, -0.2) is 63.8 Å². The van der Waals surface area contributed by atoms with Crippen LogP contribution in [0.2, 0.25) is 0 Å². The number of nitrogens with one attached hydrogen (secondary N) is 1. The Morgan fingerprint density at radius 3 is 2.39 bits per heavy atom. The summed E-state index contributed by atoms with van der Waals surface area (Å²) in [5.41, 5.74) is 5.25. The number of nitrogens with zero attached hydrogens (tertiary/aromatic N) is 4. The van der Waals surface area contributed by atoms with Gasteiger partial charge in [-0.25, -0.2) is 13.8 Å². The lowest BCUT2D eigenvalue weighted by molar-refractivity contribution is -0.113. The minimum Gasteiger partial charge on any atom is -0.496 e. The summed E-state index contributed by atoms with van der Waals surface area (Å²) in [7, 11) is 2.84. The van der Waals surface area contributed by atoms with E-state index in [1.807, 2.05) is 35.9 Å². The van der Waals surface area contributed by atoms with Crippen LogP contribution in [0, 0.1) is 6.92 Å². The molecule has 0 bridgehead atoms. The topological polar surface area (TPSA) is 85.3 Å². The molecule has 1 fully saturated rings. The minimum absolute atomic E-state index is 0.112. The number of halogens is 2. The molecule has 10 heteroatoms. The van der Waals surface area contributed by atoms with Gasteiger partial charge in [0, 0.05) is 23.9 Å². The number of fused-ring (bicyclic) bond motifs is 1. The zero-order valence-electron chi connectivity index (χ0n) is 18.2. The Kier molecular flexibility index (Phi) is 4.80. The second-order valence-electron chi connectivity index (χ2n) is 7.94. The lowest BCUT2D eigenvalue weighted by atomic mass is 10.0. The molecule has 0 spiro atoms. The lowest BCUT2D eigenvalue weighted by Gasteiger charge is -2.39. The molecule has 3 heterocycles. The zero-order valence-corrected chi connectivity index (χ0v) is 18.2. The van der Waals surface area contributed by atoms with Crippen molar-refractivity contribution >= 4 is 16.9 Å². The monoisotopic (exact) mass is 453 g/mol. The normalized spacial score (nSPS) is 14.9. The molecule has 4 aromatic rings. The summed E-state index contributed by atoms with van der Waals surface area (Å²) in [5, 5.41) is 7.03. The zero-order chi connectivity index (χ0) is 23.3. The van der Waals surface area contributed by atoms with Crippen molar-refractivity contribution in [1.29, 1.82) is 0 Å². The van der Waals surface area contributed by atoms with Gasteiger partial charge in [0.25, 0.3) is 11.8 Å². The maximum atomic E-state index is 13.3. The molecule has 2 aromatic carbocycles. The number of aryl methyl sites for hydroxylation is 1. The van der Waals surface area contributed by atoms with Crippen LogP contribution in [0.15, 0.2) is 42.9 Å². The Labute approximate surface area is 187 Å². The molecule has 1 amide bonds. The van der Waals surface area contributed by atoms with Gasteiger partial charge < -0.3 is 14.4 Å². The van der Waals surface area contributed by atoms with Crippen molar-refractivity contribution in [1.82, 2.24) is 24.6 Å². The molecule has 0 aliphatic carbocycles. The van der Waals surface area contributed by atoms with E-state index in [2.05, 4.69) is 15.2 Å². The summed E-state index contributed by atoms with van der Waals surface area (Å²) in [6.07, 6.45) is 3.51. The van der Waals surface area contributed by atoms with Gasteiger partial charge in [-0.1, -0.05) is 6.07 Å². The average Bonchev–Trinajstić information content (AvgIpc) is 3.41. The molecule has 33 heavy (non-hydrogen) atoms. The van der Waals surface area contributed by atoms with Crippen LogP contribution >= 0.6 is 0 Å². The van der Waals surface area contributed by atoms with E-state index in [9.17, 15) is 13.6 Å². The number of H-pyrrole nitrogens is 1. The van der Waals surface area contributed by atoms with E-state index in [4.69, 9.17) is 9.47 Å². The summed E-state index contributed by atoms with van der Waals surface area (Å²) in [6.45, 7) is 0.687. The number of hydrogen-bond acceptors (Lipinski definition) is 5. The number of carbonyl (C=O) groups excluding carboxylic acids is 1. The number of rotatable bonds is 5. The number of alkyl halides is 2. The number of benzene rings is 2. The summed E-state index contributed by atoms with van der Waals surface area (Å²) < 4.78 is 39.3. The Hall–Kier alpha value is -3.95. The van der Waals surface area contributed by atoms with Gasteiger partial charge in [-0.2, -0.15) is 5.10 Å². The van der Waals surface area contributed by atoms with Gasteiger partial charge in [0.1, 0.15) is 23.4 Å². The quantitative estimate of drug-likeness (QED) is 0.497. The smallest absolute Gasteiger partial charge is 0.282 e. The van der Waals surface area contributed by atoms with E-state index in [-0.39, 0.29) is 17.1 Å². The van der Waals surface area contributed by atoms with Crippen molar-refractivity contribution in [3.05, 3.63) is 54.1 Å². The number of amides is 1. The first-order valence-electron chi connectivity index (χ1n) is 10.2. The van der Waals surface area contributed by atoms with Crippen molar-refractivity contribution in [3.8, 4) is 28.3 Å². The number of methoxy groups -OCH3 is 2. The largest absolute Gasteiger partial charge is 0.496 e. The van der Waals surface area contributed by atoms with Crippen molar-refractivity contribution in [3.63, 3.8) is 0 Å². The summed E-state index contributed by atoms with van der Waals surface area (Å²) in [6, 6.07) is 9.24. The second-order valence-corrected chi connectivity index (χ2v) is 7.94. The SMILES string of the molecule is COc1cc(-n2cnc3cc(-c4c[nH]nc4C)ccc32)cc(OC)c1C(=O)N1CC(F)(F)C1. The van der Waals surface area contributed by atoms with E-state index in [0.29, 0.717) is 5.69 Å². The van der Waals surface area contributed by atoms with Crippen LogP contribution in [0.1, 0.15) is 16.1 Å². The van der Waals surface area contributed by atoms with Crippen molar-refractivity contribution in [2.45, 2.75) is 12.8 Å². The first kappa shape index (κ1) is 20.9. The Balaban J connectivity index is 1.55. The fourth-order valence-corrected chi connectivity index (χ4v) is 4.10. The molecule has 1 N–H and O–H groups in total. The number of aromatic nitrogens is 4. The Bertz CT molecular complexity index is 1340. The van der Waals surface area contributed by atoms with Gasteiger partial charge in [-0.3, -0.25) is 14.5 Å². The summed E-state index contributed by atoms with van der Waals surface area (Å²) >= 11 is 0. The standard InChI is InChI=1S/C23H21F2N5O3/c1-13-16(9-27-28-13)14-4-5-18-17(6-14)26-12-30(18)15-7-19(32-2)21(20(8-15)33-3)22(31)29-10-23(24,25)11-29/h4-9,12H,10-11H2,1-3H3,(H,27,28). The fourth-order valence-electron chi connectivity index (χ4n) is 4.10. The highest BCUT2D eigenvalue weighted by molar-refractivity contribution is 6.01. The van der Waals surface area contributed by atoms with Gasteiger partial charge in [0.15, 0.2) is 0 Å². The van der Waals surface area contributed by atoms with Crippen molar-refractivity contribution < 1.29 is 23.0 Å². The summed E-state index contributed by atoms with van der Waals surface area (Å²) in [4.78, 5) is 18.5. The molecule has 0 radical (unpaired) electrons. The Morgan fingerprint density at radius 2 is 1.82 bits per heavy atom. The fraction of sp³-hybridized carbons (Fsp3) is 0.261. The number of imidazole rings is 1. The molecular weight excluding hydrogens is 432 g/mol. The third kappa shape index (κ3) is 3.47. The van der Waals surface area contributed by atoms with E-state index < -0.39 is 24.9 Å². The number of carbonyl (C=O) groups is 1. The molecule has 1 aliphatic heterocycles. The maximum Gasteiger partial charge on any atom is 0.282 e. The van der Waals surface area contributed by atoms with Gasteiger partial charge in [0.05, 0.1) is 49.7 Å². The maximum absolute atomic E-state index is 13.3. The van der Waals surface area contributed by atoms with Crippen molar-refractivity contribution in [2.75, 3.05) is 27.3 Å². The number of likely N-dealkylation sites (tertiary alicyclic amines) is 1. The molecule has 0 unspecified atom stereocenters. The molecule has 5 rings (SSSR count). The van der Waals surface area contributed by atoms with Gasteiger partial charge in [0.2, 0.25) is 0 Å². The lowest BCUT2D eigenvalue weighted by Crippen LogP contribution is -2.58. The Morgan fingerprint density at radius 1 is 1.12 bits per heavy atom. The van der Waals surface area contributed by atoms with E-state index in [1.54, 1.807) is 18.5 Å². The third-order valence-corrected chi connectivity index (χ3v) is 5.80. The van der Waals surface area contributed by atoms with Crippen LogP contribution < -0.4 is 9.47 Å². The number of ether oxygens (including phenoxy) is 2. The molecule has 2 aromatic heterocycles. The number of aromatic amines is 1. The minimum atomic E-state index is -2.86. The molecule has 8 nitrogen and oxygen atoms in total. The van der Waals surface area contributed by atoms with Crippen LogP contribution in [0.5, 0.6) is 11.5 Å². The molecule has 1 aliphatic rings. The van der Waals surface area contributed by atoms with Crippen LogP contribution in [0.4, 0.5) is 8.78 Å². The first-order valence-corrected chi connectivity index (χ1v) is 10.2. The van der Waals surface area contributed by atoms with Crippen LogP contribution in [0.25, 0.3) is 27.8 Å². The third-order valence-electron chi connectivity index (χ3n) is 5.80. The van der Waals surface area contributed by atoms with E-state index in [1.165, 1.54) is 14.2 Å². The van der Waals surface area contributed by atoms with Gasteiger partial charge >= 0.3 is 0 Å². The van der Waals surface area contributed by atoms with E-state index >= 15 is 0 Å². The van der Waals surface area contributed by atoms with E-state index in [0.717, 1.165) is 32.8 Å². The van der Waals surface area contributed by atoms with Gasteiger partial charge in [-0.05, 0) is 24.6 Å². The van der Waals surface area contributed by atoms with Crippen LogP contribution in [-0.2, 0) is 0 Å². The van der Waals surface area contributed by atoms with Crippen LogP contribution in [0.3, 0.4) is 0 Å². The molecule has 0 atom stereocenters. The summed E-state index contributed by atoms with van der Waals surface area (Å²) in [5.74, 6) is -2.95. The molecular formula is C23H21F2N5O3. The predicted octanol–water partition coefficient (Wildman–Crippen LogP) is 3.83. The highest BCUT2D eigenvalue weighted by Crippen LogP contribution is 2.37. The highest BCUT2D eigenvalue weighted by atomic mass is 19.3. The molecule has 1 saturated heterocycles.